The highest BCUT2D eigenvalue weighted by Gasteiger charge is 2.28. The van der Waals surface area contributed by atoms with Gasteiger partial charge < -0.3 is 0 Å². The van der Waals surface area contributed by atoms with Crippen LogP contribution in [0.2, 0.25) is 0 Å². The van der Waals surface area contributed by atoms with Gasteiger partial charge in [-0.1, -0.05) is 48.6 Å². The van der Waals surface area contributed by atoms with Gasteiger partial charge in [0.05, 0.1) is 15.1 Å². The Hall–Kier alpha value is -2.81. The molecule has 1 aliphatic rings. The molecule has 5 rings (SSSR count). The molecule has 32 heavy (non-hydrogen) atoms. The molecular formula is C24H23N3O3S2. The number of carbonyl (C=O) groups is 1. The molecule has 1 N–H and O–H groups in total. The molecule has 0 unspecified atom stereocenters. The number of carbonyl (C=O) groups excluding carboxylic acids is 1. The molecule has 1 aromatic heterocycles. The molecule has 1 fully saturated rings. The maximum absolute atomic E-state index is 12.9. The molecule has 0 bridgehead atoms. The minimum absolute atomic E-state index is 0.217. The third-order valence-electron chi connectivity index (χ3n) is 5.88. The summed E-state index contributed by atoms with van der Waals surface area (Å²) >= 11 is 1.42. The van der Waals surface area contributed by atoms with Crippen molar-refractivity contribution < 1.29 is 13.2 Å². The predicted molar refractivity (Wildman–Crippen MR) is 129 cm³/mol. The highest BCUT2D eigenvalue weighted by molar-refractivity contribution is 7.89. The standard InChI is InChI=1S/C24H23N3O3S2/c1-16-5-4-14-27(15-16)32(29,30)19-11-8-18(9-12-19)23(28)26-24-25-22-20-7-3-2-6-17(20)10-13-21(22)31-24/h2-3,6-13,16H,4-5,14-15H2,1H3,(H,25,26,28)/t16-/m0/s1. The Kier molecular flexibility index (Phi) is 5.44. The van der Waals surface area contributed by atoms with E-state index in [-0.39, 0.29) is 10.8 Å². The molecule has 0 aliphatic carbocycles. The van der Waals surface area contributed by atoms with E-state index in [2.05, 4.69) is 17.2 Å². The summed E-state index contributed by atoms with van der Waals surface area (Å²) in [6, 6.07) is 18.2. The van der Waals surface area contributed by atoms with E-state index >= 15 is 0 Å². The monoisotopic (exact) mass is 465 g/mol. The number of anilines is 1. The first kappa shape index (κ1) is 21.1. The van der Waals surface area contributed by atoms with E-state index in [0.717, 1.165) is 33.8 Å². The molecule has 4 aromatic rings. The highest BCUT2D eigenvalue weighted by atomic mass is 32.2. The Bertz CT molecular complexity index is 1410. The fourth-order valence-corrected chi connectivity index (χ4v) is 6.65. The number of benzene rings is 3. The molecule has 8 heteroatoms. The van der Waals surface area contributed by atoms with Crippen LogP contribution in [-0.2, 0) is 10.0 Å². The van der Waals surface area contributed by atoms with Crippen LogP contribution in [0.3, 0.4) is 0 Å². The highest BCUT2D eigenvalue weighted by Crippen LogP contribution is 2.32. The molecule has 0 spiro atoms. The van der Waals surface area contributed by atoms with Crippen LogP contribution in [0.1, 0.15) is 30.1 Å². The fraction of sp³-hybridized carbons (Fsp3) is 0.250. The lowest BCUT2D eigenvalue weighted by Crippen LogP contribution is -2.39. The second kappa shape index (κ2) is 8.27. The lowest BCUT2D eigenvalue weighted by molar-refractivity contribution is 0.102. The minimum atomic E-state index is -3.54. The quantitative estimate of drug-likeness (QED) is 0.454. The number of nitrogens with zero attached hydrogens (tertiary/aromatic N) is 2. The minimum Gasteiger partial charge on any atom is -0.298 e. The van der Waals surface area contributed by atoms with Gasteiger partial charge in [-0.2, -0.15) is 4.31 Å². The van der Waals surface area contributed by atoms with E-state index in [1.807, 2.05) is 36.4 Å². The summed E-state index contributed by atoms with van der Waals surface area (Å²) in [4.78, 5) is 17.6. The first-order chi connectivity index (χ1) is 15.4. The number of hydrogen-bond donors (Lipinski definition) is 1. The number of nitrogens with one attached hydrogen (secondary N) is 1. The Labute approximate surface area is 190 Å². The van der Waals surface area contributed by atoms with Crippen molar-refractivity contribution in [3.05, 3.63) is 66.2 Å². The zero-order chi connectivity index (χ0) is 22.3. The van der Waals surface area contributed by atoms with Gasteiger partial charge in [-0.05, 0) is 54.5 Å². The van der Waals surface area contributed by atoms with Crippen LogP contribution in [-0.4, -0.2) is 36.7 Å². The molecule has 1 atom stereocenters. The van der Waals surface area contributed by atoms with Gasteiger partial charge in [0.1, 0.15) is 0 Å². The summed E-state index contributed by atoms with van der Waals surface area (Å²) in [6.07, 6.45) is 1.92. The van der Waals surface area contributed by atoms with Crippen molar-refractivity contribution in [1.29, 1.82) is 0 Å². The van der Waals surface area contributed by atoms with Gasteiger partial charge in [0, 0.05) is 24.0 Å². The number of aromatic nitrogens is 1. The van der Waals surface area contributed by atoms with Crippen molar-refractivity contribution in [2.24, 2.45) is 5.92 Å². The summed E-state index contributed by atoms with van der Waals surface area (Å²) in [6.45, 7) is 3.15. The first-order valence-corrected chi connectivity index (χ1v) is 12.9. The molecule has 1 saturated heterocycles. The van der Waals surface area contributed by atoms with E-state index in [1.54, 1.807) is 16.4 Å². The lowest BCUT2D eigenvalue weighted by atomic mass is 10.0. The maximum atomic E-state index is 12.9. The number of hydrogen-bond acceptors (Lipinski definition) is 5. The third-order valence-corrected chi connectivity index (χ3v) is 8.69. The summed E-state index contributed by atoms with van der Waals surface area (Å²) in [5.74, 6) is 0.0402. The molecule has 0 saturated carbocycles. The van der Waals surface area contributed by atoms with Gasteiger partial charge in [-0.15, -0.1) is 0 Å². The molecule has 3 aromatic carbocycles. The van der Waals surface area contributed by atoms with Gasteiger partial charge in [-0.3, -0.25) is 10.1 Å². The second-order valence-corrected chi connectivity index (χ2v) is 11.2. The van der Waals surface area contributed by atoms with Gasteiger partial charge in [0.25, 0.3) is 5.91 Å². The summed E-state index contributed by atoms with van der Waals surface area (Å²) in [5.41, 5.74) is 1.25. The zero-order valence-electron chi connectivity index (χ0n) is 17.6. The van der Waals surface area contributed by atoms with E-state index in [9.17, 15) is 13.2 Å². The predicted octanol–water partition coefficient (Wildman–Crippen LogP) is 5.12. The largest absolute Gasteiger partial charge is 0.298 e. The molecule has 6 nitrogen and oxygen atoms in total. The Morgan fingerprint density at radius 3 is 2.66 bits per heavy atom. The maximum Gasteiger partial charge on any atom is 0.257 e. The van der Waals surface area contributed by atoms with Crippen LogP contribution < -0.4 is 5.32 Å². The topological polar surface area (TPSA) is 79.4 Å². The molecular weight excluding hydrogens is 442 g/mol. The average Bonchev–Trinajstić information content (AvgIpc) is 3.22. The number of piperidine rings is 1. The Morgan fingerprint density at radius 2 is 1.88 bits per heavy atom. The van der Waals surface area contributed by atoms with Crippen LogP contribution in [0.25, 0.3) is 21.0 Å². The van der Waals surface area contributed by atoms with Crippen molar-refractivity contribution in [3.8, 4) is 0 Å². The number of sulfonamides is 1. The lowest BCUT2D eigenvalue weighted by Gasteiger charge is -2.30. The SMILES string of the molecule is C[C@H]1CCCN(S(=O)(=O)c2ccc(C(=O)Nc3nc4c(ccc5ccccc54)s3)cc2)C1. The number of amides is 1. The van der Waals surface area contributed by atoms with Crippen molar-refractivity contribution >= 4 is 53.4 Å². The van der Waals surface area contributed by atoms with Crippen molar-refractivity contribution in [1.82, 2.24) is 9.29 Å². The van der Waals surface area contributed by atoms with E-state index < -0.39 is 10.0 Å². The summed E-state index contributed by atoms with van der Waals surface area (Å²) in [5, 5.41) is 5.51. The second-order valence-electron chi connectivity index (χ2n) is 8.24. The molecule has 164 valence electrons. The third kappa shape index (κ3) is 3.90. The number of thiazole rings is 1. The Morgan fingerprint density at radius 1 is 1.09 bits per heavy atom. The molecule has 2 heterocycles. The van der Waals surface area contributed by atoms with Crippen LogP contribution in [0.15, 0.2) is 65.6 Å². The van der Waals surface area contributed by atoms with E-state index in [4.69, 9.17) is 0 Å². The van der Waals surface area contributed by atoms with Crippen LogP contribution in [0.4, 0.5) is 5.13 Å². The zero-order valence-corrected chi connectivity index (χ0v) is 19.2. The average molecular weight is 466 g/mol. The van der Waals surface area contributed by atoms with Gasteiger partial charge >= 0.3 is 0 Å². The summed E-state index contributed by atoms with van der Waals surface area (Å²) < 4.78 is 28.4. The van der Waals surface area contributed by atoms with Crippen molar-refractivity contribution in [3.63, 3.8) is 0 Å². The molecule has 0 radical (unpaired) electrons. The van der Waals surface area contributed by atoms with Gasteiger partial charge in [0.2, 0.25) is 10.0 Å². The van der Waals surface area contributed by atoms with Crippen molar-refractivity contribution in [2.75, 3.05) is 18.4 Å². The summed E-state index contributed by atoms with van der Waals surface area (Å²) in [7, 11) is -3.54. The smallest absolute Gasteiger partial charge is 0.257 e. The van der Waals surface area contributed by atoms with E-state index in [1.165, 1.54) is 23.5 Å². The van der Waals surface area contributed by atoms with Crippen LogP contribution >= 0.6 is 11.3 Å². The Balaban J connectivity index is 1.35. The van der Waals surface area contributed by atoms with Crippen molar-refractivity contribution in [2.45, 2.75) is 24.7 Å². The number of rotatable bonds is 4. The molecule has 1 amide bonds. The van der Waals surface area contributed by atoms with Crippen LogP contribution in [0.5, 0.6) is 0 Å². The fourth-order valence-electron chi connectivity index (χ4n) is 4.18. The van der Waals surface area contributed by atoms with Gasteiger partial charge in [-0.25, -0.2) is 13.4 Å². The van der Waals surface area contributed by atoms with Gasteiger partial charge in [0.15, 0.2) is 5.13 Å². The van der Waals surface area contributed by atoms with E-state index in [0.29, 0.717) is 29.7 Å². The van der Waals surface area contributed by atoms with Crippen LogP contribution in [0, 0.1) is 5.92 Å². The molecule has 1 aliphatic heterocycles. The first-order valence-electron chi connectivity index (χ1n) is 10.6. The number of fused-ring (bicyclic) bond motifs is 3. The normalized spacial score (nSPS) is 17.6.